The molecule has 6 nitrogen and oxygen atoms in total. The smallest absolute Gasteiger partial charge is 0.341 e. The second-order valence-corrected chi connectivity index (χ2v) is 6.42. The van der Waals surface area contributed by atoms with E-state index < -0.39 is 12.1 Å². The Labute approximate surface area is 158 Å². The molecule has 1 fully saturated rings. The number of anilines is 1. The van der Waals surface area contributed by atoms with Gasteiger partial charge in [0, 0.05) is 30.9 Å². The molecule has 0 unspecified atom stereocenters. The number of likely N-dealkylation sites (tertiary alicyclic amines) is 1. The van der Waals surface area contributed by atoms with Crippen LogP contribution in [-0.4, -0.2) is 48.1 Å². The molecule has 0 radical (unpaired) electrons. The predicted octanol–water partition coefficient (Wildman–Crippen LogP) is 2.61. The van der Waals surface area contributed by atoms with E-state index in [-0.39, 0.29) is 12.5 Å². The van der Waals surface area contributed by atoms with E-state index in [4.69, 9.17) is 9.84 Å². The quantitative estimate of drug-likeness (QED) is 0.735. The number of carbonyl (C=O) groups is 2. The normalized spacial score (nSPS) is 14.6. The maximum atomic E-state index is 13.0. The lowest BCUT2D eigenvalue weighted by molar-refractivity contribution is -0.140. The van der Waals surface area contributed by atoms with Gasteiger partial charge in [-0.15, -0.1) is 0 Å². The molecule has 0 aromatic heterocycles. The van der Waals surface area contributed by atoms with Gasteiger partial charge >= 0.3 is 5.97 Å². The van der Waals surface area contributed by atoms with Gasteiger partial charge in [0.05, 0.1) is 12.2 Å². The molecule has 27 heavy (non-hydrogen) atoms. The lowest BCUT2D eigenvalue weighted by Gasteiger charge is -2.24. The Hall–Kier alpha value is -2.86. The molecular formula is C21H24N2O4. The average molecular weight is 368 g/mol. The van der Waals surface area contributed by atoms with Crippen molar-refractivity contribution in [2.45, 2.75) is 18.9 Å². The van der Waals surface area contributed by atoms with Crippen molar-refractivity contribution in [2.24, 2.45) is 0 Å². The summed E-state index contributed by atoms with van der Waals surface area (Å²) in [5.41, 5.74) is 1.56. The standard InChI is InChI=1S/C21H24N2O4/c24-15-12-22-18-11-5-4-10-17(18)21(26)27-19(16-8-2-1-3-9-16)20(25)23-13-6-7-14-23/h1-5,8-11,19,22,24H,6-7,12-15H2/t19-/m1/s1. The van der Waals surface area contributed by atoms with Crippen LogP contribution in [0.1, 0.15) is 34.9 Å². The number of hydrogen-bond acceptors (Lipinski definition) is 5. The molecule has 1 aliphatic heterocycles. The largest absolute Gasteiger partial charge is 0.444 e. The fourth-order valence-corrected chi connectivity index (χ4v) is 3.17. The van der Waals surface area contributed by atoms with E-state index in [9.17, 15) is 9.59 Å². The van der Waals surface area contributed by atoms with Crippen molar-refractivity contribution in [1.29, 1.82) is 0 Å². The van der Waals surface area contributed by atoms with Crippen molar-refractivity contribution < 1.29 is 19.4 Å². The number of nitrogens with zero attached hydrogens (tertiary/aromatic N) is 1. The number of nitrogens with one attached hydrogen (secondary N) is 1. The minimum Gasteiger partial charge on any atom is -0.444 e. The van der Waals surface area contributed by atoms with Gasteiger partial charge in [0.1, 0.15) is 0 Å². The van der Waals surface area contributed by atoms with Gasteiger partial charge in [-0.05, 0) is 25.0 Å². The van der Waals surface area contributed by atoms with Crippen molar-refractivity contribution in [1.82, 2.24) is 4.90 Å². The van der Waals surface area contributed by atoms with E-state index in [2.05, 4.69) is 5.32 Å². The van der Waals surface area contributed by atoms with Crippen LogP contribution in [0.4, 0.5) is 5.69 Å². The van der Waals surface area contributed by atoms with Gasteiger partial charge < -0.3 is 20.1 Å². The van der Waals surface area contributed by atoms with Crippen LogP contribution in [-0.2, 0) is 9.53 Å². The van der Waals surface area contributed by atoms with Crippen LogP contribution in [0, 0.1) is 0 Å². The maximum absolute atomic E-state index is 13.0. The first-order chi connectivity index (χ1) is 13.2. The van der Waals surface area contributed by atoms with Crippen LogP contribution < -0.4 is 5.32 Å². The Balaban J connectivity index is 1.84. The number of para-hydroxylation sites is 1. The Bertz CT molecular complexity index is 773. The van der Waals surface area contributed by atoms with Gasteiger partial charge in [0.15, 0.2) is 0 Å². The summed E-state index contributed by atoms with van der Waals surface area (Å²) in [6.07, 6.45) is 0.965. The Morgan fingerprint density at radius 3 is 2.41 bits per heavy atom. The van der Waals surface area contributed by atoms with Crippen LogP contribution in [0.5, 0.6) is 0 Å². The summed E-state index contributed by atoms with van der Waals surface area (Å²) in [6.45, 7) is 1.64. The zero-order chi connectivity index (χ0) is 19.1. The molecular weight excluding hydrogens is 344 g/mol. The van der Waals surface area contributed by atoms with E-state index >= 15 is 0 Å². The topological polar surface area (TPSA) is 78.9 Å². The first-order valence-corrected chi connectivity index (χ1v) is 9.19. The highest BCUT2D eigenvalue weighted by Crippen LogP contribution is 2.26. The number of aliphatic hydroxyl groups is 1. The number of amides is 1. The number of ether oxygens (including phenoxy) is 1. The Kier molecular flexibility index (Phi) is 6.44. The zero-order valence-electron chi connectivity index (χ0n) is 15.1. The highest BCUT2D eigenvalue weighted by molar-refractivity contribution is 5.97. The molecule has 1 atom stereocenters. The van der Waals surface area contributed by atoms with Crippen molar-refractivity contribution >= 4 is 17.6 Å². The Morgan fingerprint density at radius 1 is 1.04 bits per heavy atom. The molecule has 0 saturated carbocycles. The number of rotatable bonds is 7. The molecule has 0 spiro atoms. The summed E-state index contributed by atoms with van der Waals surface area (Å²) in [5.74, 6) is -0.759. The second-order valence-electron chi connectivity index (χ2n) is 6.42. The third-order valence-corrected chi connectivity index (χ3v) is 4.54. The van der Waals surface area contributed by atoms with Crippen LogP contribution in [0.25, 0.3) is 0 Å². The predicted molar refractivity (Wildman–Crippen MR) is 102 cm³/mol. The van der Waals surface area contributed by atoms with Crippen LogP contribution in [0.3, 0.4) is 0 Å². The van der Waals surface area contributed by atoms with Gasteiger partial charge in [0.2, 0.25) is 6.10 Å². The third-order valence-electron chi connectivity index (χ3n) is 4.54. The van der Waals surface area contributed by atoms with E-state index in [1.165, 1.54) is 0 Å². The van der Waals surface area contributed by atoms with Gasteiger partial charge in [-0.1, -0.05) is 42.5 Å². The number of benzene rings is 2. The van der Waals surface area contributed by atoms with Gasteiger partial charge in [-0.25, -0.2) is 4.79 Å². The van der Waals surface area contributed by atoms with E-state index in [1.54, 1.807) is 41.3 Å². The van der Waals surface area contributed by atoms with Crippen molar-refractivity contribution in [3.63, 3.8) is 0 Å². The minimum absolute atomic E-state index is 0.0521. The first-order valence-electron chi connectivity index (χ1n) is 9.19. The first kappa shape index (κ1) is 18.9. The average Bonchev–Trinajstić information content (AvgIpc) is 3.25. The summed E-state index contributed by atoms with van der Waals surface area (Å²) in [4.78, 5) is 27.6. The summed E-state index contributed by atoms with van der Waals surface area (Å²) in [7, 11) is 0. The number of hydrogen-bond donors (Lipinski definition) is 2. The molecule has 142 valence electrons. The number of aliphatic hydroxyl groups excluding tert-OH is 1. The van der Waals surface area contributed by atoms with Gasteiger partial charge in [-0.3, -0.25) is 4.79 Å². The fourth-order valence-electron chi connectivity index (χ4n) is 3.17. The molecule has 0 bridgehead atoms. The molecule has 3 rings (SSSR count). The number of carbonyl (C=O) groups excluding carboxylic acids is 2. The molecule has 2 N–H and O–H groups in total. The van der Waals surface area contributed by atoms with Gasteiger partial charge in [-0.2, -0.15) is 0 Å². The van der Waals surface area contributed by atoms with E-state index in [1.807, 2.05) is 18.2 Å². The highest BCUT2D eigenvalue weighted by atomic mass is 16.5. The van der Waals surface area contributed by atoms with Crippen LogP contribution in [0.15, 0.2) is 54.6 Å². The molecule has 1 saturated heterocycles. The van der Waals surface area contributed by atoms with Crippen LogP contribution >= 0.6 is 0 Å². The Morgan fingerprint density at radius 2 is 1.70 bits per heavy atom. The third kappa shape index (κ3) is 4.65. The van der Waals surface area contributed by atoms with Crippen molar-refractivity contribution in [3.8, 4) is 0 Å². The summed E-state index contributed by atoms with van der Waals surface area (Å²) in [5, 5.41) is 12.0. The lowest BCUT2D eigenvalue weighted by Crippen LogP contribution is -2.35. The SMILES string of the molecule is O=C(O[C@@H](C(=O)N1CCCC1)c1ccccc1)c1ccccc1NCCO. The summed E-state index contributed by atoms with van der Waals surface area (Å²) in [6, 6.07) is 16.0. The van der Waals surface area contributed by atoms with Gasteiger partial charge in [0.25, 0.3) is 5.91 Å². The minimum atomic E-state index is -0.970. The van der Waals surface area contributed by atoms with Crippen LogP contribution in [0.2, 0.25) is 0 Å². The lowest BCUT2D eigenvalue weighted by atomic mass is 10.1. The van der Waals surface area contributed by atoms with E-state index in [0.717, 1.165) is 12.8 Å². The molecule has 2 aromatic carbocycles. The fraction of sp³-hybridized carbons (Fsp3) is 0.333. The summed E-state index contributed by atoms with van der Waals surface area (Å²) < 4.78 is 5.68. The maximum Gasteiger partial charge on any atom is 0.341 e. The molecule has 1 aliphatic rings. The monoisotopic (exact) mass is 368 g/mol. The van der Waals surface area contributed by atoms with Crippen molar-refractivity contribution in [3.05, 3.63) is 65.7 Å². The molecule has 1 amide bonds. The number of esters is 1. The highest BCUT2D eigenvalue weighted by Gasteiger charge is 2.31. The zero-order valence-corrected chi connectivity index (χ0v) is 15.1. The summed E-state index contributed by atoms with van der Waals surface area (Å²) >= 11 is 0. The van der Waals surface area contributed by atoms with E-state index in [0.29, 0.717) is 36.4 Å². The molecule has 1 heterocycles. The molecule has 6 heteroatoms. The van der Waals surface area contributed by atoms with Crippen molar-refractivity contribution in [2.75, 3.05) is 31.6 Å². The molecule has 0 aliphatic carbocycles. The second kappa shape index (κ2) is 9.19. The molecule has 2 aromatic rings.